The zero-order chi connectivity index (χ0) is 16.4. The van der Waals surface area contributed by atoms with Crippen LogP contribution in [-0.2, 0) is 19.5 Å². The molecule has 1 aliphatic rings. The van der Waals surface area contributed by atoms with Gasteiger partial charge < -0.3 is 9.72 Å². The minimum Gasteiger partial charge on any atom is -0.494 e. The molecule has 0 saturated carbocycles. The normalized spacial score (nSPS) is 14.6. The molecule has 0 bridgehead atoms. The highest BCUT2D eigenvalue weighted by molar-refractivity contribution is 7.98. The Labute approximate surface area is 137 Å². The topological polar surface area (TPSA) is 58.2 Å². The van der Waals surface area contributed by atoms with Crippen LogP contribution in [0, 0.1) is 5.82 Å². The number of methoxy groups -OCH3 is 1. The van der Waals surface area contributed by atoms with Crippen molar-refractivity contribution in [1.29, 1.82) is 0 Å². The lowest BCUT2D eigenvalue weighted by molar-refractivity contribution is 0.240. The van der Waals surface area contributed by atoms with Gasteiger partial charge in [-0.3, -0.25) is 9.69 Å². The van der Waals surface area contributed by atoms with Crippen LogP contribution in [0.2, 0.25) is 0 Å². The lowest BCUT2D eigenvalue weighted by Gasteiger charge is -2.27. The van der Waals surface area contributed by atoms with Gasteiger partial charge in [0.05, 0.1) is 18.4 Å². The van der Waals surface area contributed by atoms with Crippen LogP contribution in [0.5, 0.6) is 5.75 Å². The van der Waals surface area contributed by atoms with E-state index in [1.807, 2.05) is 12.3 Å². The minimum atomic E-state index is -0.369. The van der Waals surface area contributed by atoms with Crippen molar-refractivity contribution in [2.45, 2.75) is 24.7 Å². The number of hydrogen-bond acceptors (Lipinski definition) is 5. The molecule has 1 N–H and O–H groups in total. The third kappa shape index (κ3) is 3.40. The predicted molar refractivity (Wildman–Crippen MR) is 87.4 cm³/mol. The van der Waals surface area contributed by atoms with Gasteiger partial charge in [0.1, 0.15) is 0 Å². The Morgan fingerprint density at radius 2 is 2.30 bits per heavy atom. The molecule has 5 nitrogen and oxygen atoms in total. The molecular formula is C16H18FN3O2S. The molecule has 2 aromatic rings. The third-order valence-electron chi connectivity index (χ3n) is 3.94. The van der Waals surface area contributed by atoms with Crippen molar-refractivity contribution in [1.82, 2.24) is 14.9 Å². The lowest BCUT2D eigenvalue weighted by Crippen LogP contribution is -2.35. The Hall–Kier alpha value is -1.86. The van der Waals surface area contributed by atoms with Crippen molar-refractivity contribution in [2.75, 3.05) is 19.9 Å². The predicted octanol–water partition coefficient (Wildman–Crippen LogP) is 2.20. The molecule has 1 aromatic carbocycles. The van der Waals surface area contributed by atoms with E-state index in [2.05, 4.69) is 14.9 Å². The summed E-state index contributed by atoms with van der Waals surface area (Å²) >= 11 is 1.43. The summed E-state index contributed by atoms with van der Waals surface area (Å²) in [5.41, 5.74) is 2.36. The molecule has 0 amide bonds. The number of rotatable bonds is 4. The molecular weight excluding hydrogens is 317 g/mol. The van der Waals surface area contributed by atoms with E-state index in [-0.39, 0.29) is 17.1 Å². The Morgan fingerprint density at radius 3 is 3.00 bits per heavy atom. The van der Waals surface area contributed by atoms with Gasteiger partial charge in [-0.25, -0.2) is 9.37 Å². The highest BCUT2D eigenvalue weighted by atomic mass is 32.2. The van der Waals surface area contributed by atoms with Gasteiger partial charge in [0.15, 0.2) is 16.7 Å². The zero-order valence-corrected chi connectivity index (χ0v) is 13.9. The van der Waals surface area contributed by atoms with Crippen molar-refractivity contribution in [3.8, 4) is 5.75 Å². The van der Waals surface area contributed by atoms with E-state index < -0.39 is 0 Å². The molecule has 7 heteroatoms. The van der Waals surface area contributed by atoms with Crippen molar-refractivity contribution < 1.29 is 9.13 Å². The molecule has 1 aliphatic heterocycles. The minimum absolute atomic E-state index is 0.0787. The Bertz CT molecular complexity index is 778. The quantitative estimate of drug-likeness (QED) is 0.686. The van der Waals surface area contributed by atoms with E-state index >= 15 is 0 Å². The van der Waals surface area contributed by atoms with Crippen LogP contribution < -0.4 is 10.3 Å². The molecule has 3 rings (SSSR count). The number of aromatic amines is 1. The van der Waals surface area contributed by atoms with Gasteiger partial charge in [-0.1, -0.05) is 17.8 Å². The first-order chi connectivity index (χ1) is 11.1. The fourth-order valence-corrected chi connectivity index (χ4v) is 3.15. The van der Waals surface area contributed by atoms with E-state index in [1.165, 1.54) is 24.9 Å². The maximum Gasteiger partial charge on any atom is 0.256 e. The second-order valence-corrected chi connectivity index (χ2v) is 6.22. The highest BCUT2D eigenvalue weighted by Gasteiger charge is 2.21. The lowest BCUT2D eigenvalue weighted by atomic mass is 10.1. The average molecular weight is 335 g/mol. The molecule has 0 atom stereocenters. The van der Waals surface area contributed by atoms with E-state index in [4.69, 9.17) is 4.74 Å². The third-order valence-corrected chi connectivity index (χ3v) is 4.52. The van der Waals surface area contributed by atoms with E-state index in [0.29, 0.717) is 23.8 Å². The van der Waals surface area contributed by atoms with Gasteiger partial charge in [-0.15, -0.1) is 0 Å². The monoisotopic (exact) mass is 335 g/mol. The number of benzene rings is 1. The molecule has 23 heavy (non-hydrogen) atoms. The molecule has 0 saturated heterocycles. The number of aromatic nitrogens is 2. The van der Waals surface area contributed by atoms with E-state index in [0.717, 1.165) is 24.2 Å². The van der Waals surface area contributed by atoms with Gasteiger partial charge in [0.2, 0.25) is 0 Å². The molecule has 0 fully saturated rings. The van der Waals surface area contributed by atoms with Crippen LogP contribution in [0.1, 0.15) is 16.8 Å². The second-order valence-electron chi connectivity index (χ2n) is 5.43. The smallest absolute Gasteiger partial charge is 0.256 e. The number of H-pyrrole nitrogens is 1. The average Bonchev–Trinajstić information content (AvgIpc) is 2.55. The van der Waals surface area contributed by atoms with Crippen molar-refractivity contribution in [2.24, 2.45) is 0 Å². The first-order valence-corrected chi connectivity index (χ1v) is 8.54. The number of halogens is 1. The summed E-state index contributed by atoms with van der Waals surface area (Å²) in [6.45, 7) is 1.91. The second kappa shape index (κ2) is 6.72. The first kappa shape index (κ1) is 16.0. The summed E-state index contributed by atoms with van der Waals surface area (Å²) < 4.78 is 18.7. The summed E-state index contributed by atoms with van der Waals surface area (Å²) in [7, 11) is 1.45. The first-order valence-electron chi connectivity index (χ1n) is 7.31. The van der Waals surface area contributed by atoms with Crippen LogP contribution in [0.15, 0.2) is 28.2 Å². The van der Waals surface area contributed by atoms with Crippen molar-refractivity contribution in [3.05, 3.63) is 51.2 Å². The fourth-order valence-electron chi connectivity index (χ4n) is 2.76. The van der Waals surface area contributed by atoms with Crippen LogP contribution in [0.3, 0.4) is 0 Å². The summed E-state index contributed by atoms with van der Waals surface area (Å²) in [6.07, 6.45) is 2.61. The van der Waals surface area contributed by atoms with Crippen molar-refractivity contribution >= 4 is 11.8 Å². The molecule has 1 aromatic heterocycles. The zero-order valence-electron chi connectivity index (χ0n) is 13.1. The van der Waals surface area contributed by atoms with Crippen molar-refractivity contribution in [3.63, 3.8) is 0 Å². The van der Waals surface area contributed by atoms with Gasteiger partial charge in [0, 0.05) is 26.1 Å². The Kier molecular flexibility index (Phi) is 4.68. The number of fused-ring (bicyclic) bond motifs is 1. The summed E-state index contributed by atoms with van der Waals surface area (Å²) in [5.74, 6) is -0.130. The molecule has 0 aliphatic carbocycles. The number of ether oxygens (including phenoxy) is 1. The summed E-state index contributed by atoms with van der Waals surface area (Å²) in [6, 6.07) is 4.95. The van der Waals surface area contributed by atoms with E-state index in [1.54, 1.807) is 6.07 Å². The van der Waals surface area contributed by atoms with Gasteiger partial charge >= 0.3 is 0 Å². The number of thioether (sulfide) groups is 1. The Balaban J connectivity index is 1.77. The van der Waals surface area contributed by atoms with E-state index in [9.17, 15) is 9.18 Å². The largest absolute Gasteiger partial charge is 0.494 e. The molecule has 122 valence electrons. The highest BCUT2D eigenvalue weighted by Crippen LogP contribution is 2.21. The van der Waals surface area contributed by atoms with Crippen LogP contribution >= 0.6 is 11.8 Å². The molecule has 0 unspecified atom stereocenters. The molecule has 0 spiro atoms. The molecule has 2 heterocycles. The standard InChI is InChI=1S/C16H18FN3O2S/c1-22-14-4-3-10(7-12(14)17)8-20-6-5-13-11(9-20)15(21)19-16(18-13)23-2/h3-4,7H,5-6,8-9H2,1-2H3,(H,18,19,21). The van der Waals surface area contributed by atoms with Crippen LogP contribution in [0.4, 0.5) is 4.39 Å². The molecule has 0 radical (unpaired) electrons. The fraction of sp³-hybridized carbons (Fsp3) is 0.375. The van der Waals surface area contributed by atoms with Crippen LogP contribution in [0.25, 0.3) is 0 Å². The Morgan fingerprint density at radius 1 is 1.48 bits per heavy atom. The number of hydrogen-bond donors (Lipinski definition) is 1. The van der Waals surface area contributed by atoms with Gasteiger partial charge in [-0.05, 0) is 24.0 Å². The van der Waals surface area contributed by atoms with Gasteiger partial charge in [-0.2, -0.15) is 0 Å². The maximum atomic E-state index is 13.8. The van der Waals surface area contributed by atoms with Gasteiger partial charge in [0.25, 0.3) is 5.56 Å². The maximum absolute atomic E-state index is 13.8. The number of nitrogens with one attached hydrogen (secondary N) is 1. The number of nitrogens with zero attached hydrogens (tertiary/aromatic N) is 2. The SMILES string of the molecule is COc1ccc(CN2CCc3nc(SC)[nH]c(=O)c3C2)cc1F. The summed E-state index contributed by atoms with van der Waals surface area (Å²) in [5, 5.41) is 0.652. The summed E-state index contributed by atoms with van der Waals surface area (Å²) in [4.78, 5) is 21.6. The van der Waals surface area contributed by atoms with Crippen LogP contribution in [-0.4, -0.2) is 34.8 Å².